The highest BCUT2D eigenvalue weighted by Gasteiger charge is 2.30. The lowest BCUT2D eigenvalue weighted by atomic mass is 10.1. The zero-order valence-corrected chi connectivity index (χ0v) is 17.9. The summed E-state index contributed by atoms with van der Waals surface area (Å²) in [5.74, 6) is 0.334. The summed E-state index contributed by atoms with van der Waals surface area (Å²) in [5.41, 5.74) is 2.60. The van der Waals surface area contributed by atoms with Crippen molar-refractivity contribution in [1.82, 2.24) is 9.97 Å². The van der Waals surface area contributed by atoms with Gasteiger partial charge in [0.2, 0.25) is 5.95 Å². The maximum Gasteiger partial charge on any atom is 0.267 e. The number of nitrogens with one attached hydrogen (secondary N) is 1. The van der Waals surface area contributed by atoms with Crippen LogP contribution >= 0.6 is 0 Å². The van der Waals surface area contributed by atoms with E-state index < -0.39 is 16.6 Å². The van der Waals surface area contributed by atoms with Gasteiger partial charge < -0.3 is 9.72 Å². The molecule has 158 valence electrons. The fourth-order valence-corrected chi connectivity index (χ4v) is 4.50. The van der Waals surface area contributed by atoms with Gasteiger partial charge in [0.25, 0.3) is 10.0 Å². The second-order valence-corrected chi connectivity index (χ2v) is 8.92. The maximum absolute atomic E-state index is 13.5. The number of methoxy groups -OCH3 is 1. The molecule has 0 saturated heterocycles. The van der Waals surface area contributed by atoms with E-state index in [1.807, 2.05) is 19.1 Å². The van der Waals surface area contributed by atoms with Gasteiger partial charge in [-0.1, -0.05) is 29.8 Å². The topological polar surface area (TPSA) is 92.4 Å². The fraction of sp³-hybridized carbons (Fsp3) is 0.130. The number of hydrogen-bond acceptors (Lipinski definition) is 5. The number of sulfonamides is 1. The number of ether oxygens (including phenoxy) is 1. The average molecular weight is 436 g/mol. The summed E-state index contributed by atoms with van der Waals surface area (Å²) in [4.78, 5) is 20.5. The first kappa shape index (κ1) is 20.6. The van der Waals surface area contributed by atoms with Gasteiger partial charge >= 0.3 is 0 Å². The quantitative estimate of drug-likeness (QED) is 0.444. The monoisotopic (exact) mass is 435 g/mol. The van der Waals surface area contributed by atoms with Crippen LogP contribution in [0.5, 0.6) is 5.75 Å². The van der Waals surface area contributed by atoms with E-state index in [-0.39, 0.29) is 16.6 Å². The largest absolute Gasteiger partial charge is 0.497 e. The molecule has 0 atom stereocenters. The Morgan fingerprint density at radius 1 is 1.00 bits per heavy atom. The molecule has 3 aromatic carbocycles. The molecule has 1 aromatic heterocycles. The van der Waals surface area contributed by atoms with Gasteiger partial charge in [0, 0.05) is 5.56 Å². The molecule has 7 nitrogen and oxygen atoms in total. The van der Waals surface area contributed by atoms with Crippen molar-refractivity contribution in [3.63, 3.8) is 0 Å². The molecule has 0 saturated carbocycles. The van der Waals surface area contributed by atoms with Crippen LogP contribution in [0.2, 0.25) is 0 Å². The second-order valence-electron chi connectivity index (χ2n) is 7.05. The minimum Gasteiger partial charge on any atom is -0.497 e. The van der Waals surface area contributed by atoms with E-state index in [2.05, 4.69) is 9.97 Å². The van der Waals surface area contributed by atoms with Crippen molar-refractivity contribution in [3.05, 3.63) is 83.9 Å². The molecule has 0 bridgehead atoms. The predicted molar refractivity (Wildman–Crippen MR) is 119 cm³/mol. The normalized spacial score (nSPS) is 11.4. The number of Topliss-reactive ketones (excluding diaryl/α,β-unsaturated/α-hetero) is 1. The van der Waals surface area contributed by atoms with Gasteiger partial charge in [-0.05, 0) is 55.5 Å². The van der Waals surface area contributed by atoms with Crippen LogP contribution < -0.4 is 9.04 Å². The highest BCUT2D eigenvalue weighted by Crippen LogP contribution is 2.25. The van der Waals surface area contributed by atoms with Crippen molar-refractivity contribution in [2.75, 3.05) is 18.0 Å². The Labute approximate surface area is 180 Å². The molecule has 0 spiro atoms. The van der Waals surface area contributed by atoms with E-state index in [1.165, 1.54) is 19.2 Å². The first-order valence-corrected chi connectivity index (χ1v) is 11.0. The summed E-state index contributed by atoms with van der Waals surface area (Å²) in [6.45, 7) is 1.48. The van der Waals surface area contributed by atoms with Crippen LogP contribution in [-0.4, -0.2) is 37.8 Å². The molecule has 8 heteroatoms. The van der Waals surface area contributed by atoms with Gasteiger partial charge in [-0.2, -0.15) is 0 Å². The molecule has 4 aromatic rings. The molecule has 0 aliphatic heterocycles. The van der Waals surface area contributed by atoms with E-state index in [0.29, 0.717) is 22.3 Å². The number of ketones is 1. The van der Waals surface area contributed by atoms with Crippen molar-refractivity contribution in [3.8, 4) is 5.75 Å². The van der Waals surface area contributed by atoms with Gasteiger partial charge in [0.1, 0.15) is 12.3 Å². The molecule has 31 heavy (non-hydrogen) atoms. The summed E-state index contributed by atoms with van der Waals surface area (Å²) in [6.07, 6.45) is 0. The van der Waals surface area contributed by atoms with Crippen LogP contribution in [0.25, 0.3) is 11.0 Å². The molecular formula is C23H21N3O4S. The number of H-pyrrole nitrogens is 1. The van der Waals surface area contributed by atoms with Crippen molar-refractivity contribution in [2.45, 2.75) is 11.8 Å². The number of rotatable bonds is 7. The number of benzene rings is 3. The summed E-state index contributed by atoms with van der Waals surface area (Å²) >= 11 is 0. The number of imidazole rings is 1. The van der Waals surface area contributed by atoms with Crippen molar-refractivity contribution in [2.24, 2.45) is 0 Å². The summed E-state index contributed by atoms with van der Waals surface area (Å²) in [7, 11) is -2.50. The first-order valence-electron chi connectivity index (χ1n) is 9.60. The van der Waals surface area contributed by atoms with E-state index in [1.54, 1.807) is 48.5 Å². The molecular weight excluding hydrogens is 414 g/mol. The second kappa shape index (κ2) is 8.23. The van der Waals surface area contributed by atoms with E-state index in [4.69, 9.17) is 4.74 Å². The number of carbonyl (C=O) groups is 1. The number of aromatic nitrogens is 2. The number of fused-ring (bicyclic) bond motifs is 1. The molecule has 0 aliphatic carbocycles. The van der Waals surface area contributed by atoms with Crippen molar-refractivity contribution >= 4 is 32.8 Å². The number of para-hydroxylation sites is 2. The lowest BCUT2D eigenvalue weighted by Gasteiger charge is -2.21. The number of hydrogen-bond donors (Lipinski definition) is 1. The molecule has 0 radical (unpaired) electrons. The van der Waals surface area contributed by atoms with Crippen LogP contribution in [0.15, 0.2) is 77.7 Å². The molecule has 1 heterocycles. The zero-order chi connectivity index (χ0) is 22.0. The summed E-state index contributed by atoms with van der Waals surface area (Å²) in [5, 5.41) is 0. The molecule has 4 rings (SSSR count). The smallest absolute Gasteiger partial charge is 0.267 e. The first-order chi connectivity index (χ1) is 14.9. The highest BCUT2D eigenvalue weighted by atomic mass is 32.2. The van der Waals surface area contributed by atoms with Crippen molar-refractivity contribution < 1.29 is 17.9 Å². The Morgan fingerprint density at radius 3 is 2.32 bits per heavy atom. The highest BCUT2D eigenvalue weighted by molar-refractivity contribution is 7.92. The summed E-state index contributed by atoms with van der Waals surface area (Å²) in [6, 6.07) is 20.2. The van der Waals surface area contributed by atoms with Gasteiger partial charge in [0.15, 0.2) is 5.78 Å². The van der Waals surface area contributed by atoms with E-state index >= 15 is 0 Å². The molecule has 0 unspecified atom stereocenters. The number of aromatic amines is 1. The third-order valence-corrected chi connectivity index (χ3v) is 6.67. The standard InChI is InChI=1S/C23H21N3O4S/c1-16-7-13-19(14-8-16)31(28,29)26(23-24-20-5-3-4-6-21(20)25-23)15-22(27)17-9-11-18(30-2)12-10-17/h3-14H,15H2,1-2H3,(H,24,25). The van der Waals surface area contributed by atoms with Gasteiger partial charge in [-0.25, -0.2) is 17.7 Å². The maximum atomic E-state index is 13.5. The van der Waals surface area contributed by atoms with E-state index in [9.17, 15) is 13.2 Å². The third kappa shape index (κ3) is 4.15. The molecule has 0 amide bonds. The Balaban J connectivity index is 1.76. The number of anilines is 1. The Bertz CT molecular complexity index is 1290. The minimum absolute atomic E-state index is 0.0843. The van der Waals surface area contributed by atoms with Gasteiger partial charge in [0.05, 0.1) is 23.0 Å². The van der Waals surface area contributed by atoms with Crippen LogP contribution in [-0.2, 0) is 10.0 Å². The average Bonchev–Trinajstić information content (AvgIpc) is 3.21. The fourth-order valence-electron chi connectivity index (χ4n) is 3.17. The zero-order valence-electron chi connectivity index (χ0n) is 17.1. The Kier molecular flexibility index (Phi) is 5.48. The minimum atomic E-state index is -4.04. The lowest BCUT2D eigenvalue weighted by Crippen LogP contribution is -2.36. The Hall–Kier alpha value is -3.65. The van der Waals surface area contributed by atoms with Crippen LogP contribution in [0, 0.1) is 6.92 Å². The Morgan fingerprint density at radius 2 is 1.68 bits per heavy atom. The molecule has 0 aliphatic rings. The van der Waals surface area contributed by atoms with Crippen molar-refractivity contribution in [1.29, 1.82) is 0 Å². The number of nitrogens with zero attached hydrogens (tertiary/aromatic N) is 2. The third-order valence-electron chi connectivity index (χ3n) is 4.92. The van der Waals surface area contributed by atoms with Crippen LogP contribution in [0.1, 0.15) is 15.9 Å². The van der Waals surface area contributed by atoms with E-state index in [0.717, 1.165) is 9.87 Å². The van der Waals surface area contributed by atoms with Gasteiger partial charge in [-0.3, -0.25) is 4.79 Å². The number of aryl methyl sites for hydroxylation is 1. The molecule has 0 fully saturated rings. The van der Waals surface area contributed by atoms with Crippen LogP contribution in [0.3, 0.4) is 0 Å². The lowest BCUT2D eigenvalue weighted by molar-refractivity contribution is 0.100. The van der Waals surface area contributed by atoms with Crippen LogP contribution in [0.4, 0.5) is 5.95 Å². The van der Waals surface area contributed by atoms with Gasteiger partial charge in [-0.15, -0.1) is 0 Å². The summed E-state index contributed by atoms with van der Waals surface area (Å²) < 4.78 is 33.1. The predicted octanol–water partition coefficient (Wildman–Crippen LogP) is 3.96. The number of carbonyl (C=O) groups excluding carboxylic acids is 1. The SMILES string of the molecule is COc1ccc(C(=O)CN(c2nc3ccccc3[nH]2)S(=O)(=O)c2ccc(C)cc2)cc1. The molecule has 1 N–H and O–H groups in total.